The number of fused-ring (bicyclic) bond motifs is 1. The molecule has 1 N–H and O–H groups in total. The monoisotopic (exact) mass is 416 g/mol. The SMILES string of the molecule is Cc1ccc(COc2cccc(/C=N/NC(=O)Cc3ccc4c(c3)OCCO4)c2)cc1. The zero-order valence-corrected chi connectivity index (χ0v) is 17.3. The fourth-order valence-corrected chi connectivity index (χ4v) is 3.14. The van der Waals surface area contributed by atoms with Gasteiger partial charge in [0.1, 0.15) is 25.6 Å². The Kier molecular flexibility index (Phi) is 6.47. The number of nitrogens with one attached hydrogen (secondary N) is 1. The molecule has 0 unspecified atom stereocenters. The first-order valence-electron chi connectivity index (χ1n) is 10.1. The molecule has 6 nitrogen and oxygen atoms in total. The van der Waals surface area contributed by atoms with Crippen molar-refractivity contribution in [1.29, 1.82) is 0 Å². The topological polar surface area (TPSA) is 69.2 Å². The molecule has 158 valence electrons. The quantitative estimate of drug-likeness (QED) is 0.466. The van der Waals surface area contributed by atoms with Crippen molar-refractivity contribution in [3.8, 4) is 17.2 Å². The van der Waals surface area contributed by atoms with Gasteiger partial charge in [0, 0.05) is 0 Å². The van der Waals surface area contributed by atoms with Gasteiger partial charge in [0.05, 0.1) is 12.6 Å². The van der Waals surface area contributed by atoms with Crippen LogP contribution in [0.15, 0.2) is 71.8 Å². The Morgan fingerprint density at radius 2 is 1.77 bits per heavy atom. The zero-order valence-electron chi connectivity index (χ0n) is 17.3. The molecule has 0 saturated carbocycles. The van der Waals surface area contributed by atoms with Crippen LogP contribution in [0.1, 0.15) is 22.3 Å². The largest absolute Gasteiger partial charge is 0.489 e. The molecule has 0 fully saturated rings. The fraction of sp³-hybridized carbons (Fsp3) is 0.200. The highest BCUT2D eigenvalue weighted by Crippen LogP contribution is 2.30. The number of nitrogens with zero attached hydrogens (tertiary/aromatic N) is 1. The lowest BCUT2D eigenvalue weighted by Gasteiger charge is -2.18. The van der Waals surface area contributed by atoms with Gasteiger partial charge in [0.15, 0.2) is 11.5 Å². The molecule has 0 radical (unpaired) electrons. The second-order valence-electron chi connectivity index (χ2n) is 7.29. The molecule has 4 rings (SSSR count). The normalized spacial score (nSPS) is 12.5. The minimum absolute atomic E-state index is 0.202. The Labute approximate surface area is 181 Å². The van der Waals surface area contributed by atoms with E-state index in [-0.39, 0.29) is 12.3 Å². The fourth-order valence-electron chi connectivity index (χ4n) is 3.14. The molecule has 0 bridgehead atoms. The number of hydrogen-bond acceptors (Lipinski definition) is 5. The Morgan fingerprint density at radius 1 is 1.00 bits per heavy atom. The molecule has 3 aromatic carbocycles. The van der Waals surface area contributed by atoms with E-state index in [2.05, 4.69) is 41.7 Å². The van der Waals surface area contributed by atoms with Crippen LogP contribution in [-0.2, 0) is 17.8 Å². The van der Waals surface area contributed by atoms with Crippen LogP contribution in [0.3, 0.4) is 0 Å². The molecular formula is C25H24N2O4. The summed E-state index contributed by atoms with van der Waals surface area (Å²) in [5.74, 6) is 1.91. The van der Waals surface area contributed by atoms with Gasteiger partial charge in [-0.15, -0.1) is 0 Å². The lowest BCUT2D eigenvalue weighted by molar-refractivity contribution is -0.120. The van der Waals surface area contributed by atoms with Gasteiger partial charge in [0.2, 0.25) is 5.91 Å². The second-order valence-corrected chi connectivity index (χ2v) is 7.29. The first-order chi connectivity index (χ1) is 15.2. The van der Waals surface area contributed by atoms with Crippen LogP contribution < -0.4 is 19.6 Å². The molecule has 0 aromatic heterocycles. The van der Waals surface area contributed by atoms with Crippen LogP contribution in [0.2, 0.25) is 0 Å². The van der Waals surface area contributed by atoms with Gasteiger partial charge >= 0.3 is 0 Å². The molecule has 0 atom stereocenters. The summed E-state index contributed by atoms with van der Waals surface area (Å²) >= 11 is 0. The van der Waals surface area contributed by atoms with Gasteiger partial charge in [-0.3, -0.25) is 4.79 Å². The van der Waals surface area contributed by atoms with E-state index in [1.54, 1.807) is 6.21 Å². The van der Waals surface area contributed by atoms with Gasteiger partial charge in [-0.1, -0.05) is 48.0 Å². The average molecular weight is 416 g/mol. The van der Waals surface area contributed by atoms with Gasteiger partial charge < -0.3 is 14.2 Å². The Hall–Kier alpha value is -3.80. The van der Waals surface area contributed by atoms with E-state index >= 15 is 0 Å². The minimum atomic E-state index is -0.209. The maximum atomic E-state index is 12.2. The minimum Gasteiger partial charge on any atom is -0.489 e. The number of aryl methyl sites for hydroxylation is 1. The standard InChI is InChI=1S/C25H24N2O4/c1-18-5-7-19(8-6-18)17-31-22-4-2-3-21(13-22)16-26-27-25(28)15-20-9-10-23-24(14-20)30-12-11-29-23/h2-10,13-14,16H,11-12,15,17H2,1H3,(H,27,28)/b26-16+. The summed E-state index contributed by atoms with van der Waals surface area (Å²) in [6.45, 7) is 3.61. The predicted molar refractivity (Wildman–Crippen MR) is 119 cm³/mol. The van der Waals surface area contributed by atoms with E-state index in [4.69, 9.17) is 14.2 Å². The molecule has 0 spiro atoms. The number of hydrazone groups is 1. The van der Waals surface area contributed by atoms with E-state index < -0.39 is 0 Å². The van der Waals surface area contributed by atoms with Gasteiger partial charge in [-0.05, 0) is 47.9 Å². The predicted octanol–water partition coefficient (Wildman–Crippen LogP) is 4.04. The first kappa shape index (κ1) is 20.5. The number of ether oxygens (including phenoxy) is 3. The Bertz CT molecular complexity index is 1080. The van der Waals surface area contributed by atoms with Crippen LogP contribution >= 0.6 is 0 Å². The molecule has 0 aliphatic carbocycles. The third-order valence-corrected chi connectivity index (χ3v) is 4.76. The number of benzene rings is 3. The van der Waals surface area contributed by atoms with Crippen LogP contribution in [-0.4, -0.2) is 25.3 Å². The summed E-state index contributed by atoms with van der Waals surface area (Å²) in [4.78, 5) is 12.2. The van der Waals surface area contributed by atoms with Crippen molar-refractivity contribution in [3.63, 3.8) is 0 Å². The number of carbonyl (C=O) groups is 1. The van der Waals surface area contributed by atoms with Crippen molar-refractivity contribution in [1.82, 2.24) is 5.43 Å². The molecule has 1 amide bonds. The molecule has 1 aliphatic rings. The third-order valence-electron chi connectivity index (χ3n) is 4.76. The van der Waals surface area contributed by atoms with Crippen LogP contribution in [0.25, 0.3) is 0 Å². The average Bonchev–Trinajstić information content (AvgIpc) is 2.79. The highest BCUT2D eigenvalue weighted by Gasteiger charge is 2.13. The molecule has 1 aliphatic heterocycles. The molecule has 1 heterocycles. The lowest BCUT2D eigenvalue weighted by atomic mass is 10.1. The summed E-state index contributed by atoms with van der Waals surface area (Å²) in [6, 6.07) is 21.3. The second kappa shape index (κ2) is 9.80. The maximum absolute atomic E-state index is 12.2. The van der Waals surface area contributed by atoms with Crippen molar-refractivity contribution in [2.75, 3.05) is 13.2 Å². The van der Waals surface area contributed by atoms with E-state index in [0.29, 0.717) is 31.3 Å². The molecule has 6 heteroatoms. The van der Waals surface area contributed by atoms with Crippen LogP contribution in [0.4, 0.5) is 0 Å². The van der Waals surface area contributed by atoms with E-state index in [1.807, 2.05) is 42.5 Å². The van der Waals surface area contributed by atoms with Crippen molar-refractivity contribution in [2.24, 2.45) is 5.10 Å². The zero-order chi connectivity index (χ0) is 21.5. The highest BCUT2D eigenvalue weighted by atomic mass is 16.6. The van der Waals surface area contributed by atoms with E-state index in [0.717, 1.165) is 22.4 Å². The number of hydrogen-bond donors (Lipinski definition) is 1. The van der Waals surface area contributed by atoms with Gasteiger partial charge in [-0.2, -0.15) is 5.10 Å². The summed E-state index contributed by atoms with van der Waals surface area (Å²) in [5.41, 5.74) is 6.56. The highest BCUT2D eigenvalue weighted by molar-refractivity contribution is 5.83. The Morgan fingerprint density at radius 3 is 2.61 bits per heavy atom. The third kappa shape index (κ3) is 5.85. The van der Waals surface area contributed by atoms with Crippen molar-refractivity contribution in [3.05, 3.63) is 89.0 Å². The molecule has 3 aromatic rings. The van der Waals surface area contributed by atoms with Crippen molar-refractivity contribution >= 4 is 12.1 Å². The van der Waals surface area contributed by atoms with Crippen LogP contribution in [0.5, 0.6) is 17.2 Å². The molecule has 0 saturated heterocycles. The number of amides is 1. The van der Waals surface area contributed by atoms with E-state index in [9.17, 15) is 4.79 Å². The Balaban J connectivity index is 1.28. The summed E-state index contributed by atoms with van der Waals surface area (Å²) in [7, 11) is 0. The maximum Gasteiger partial charge on any atom is 0.244 e. The summed E-state index contributed by atoms with van der Waals surface area (Å²) < 4.78 is 16.9. The number of carbonyl (C=O) groups excluding carboxylic acids is 1. The lowest BCUT2D eigenvalue weighted by Crippen LogP contribution is -2.20. The first-order valence-corrected chi connectivity index (χ1v) is 10.1. The van der Waals surface area contributed by atoms with Crippen LogP contribution in [0, 0.1) is 6.92 Å². The van der Waals surface area contributed by atoms with E-state index in [1.165, 1.54) is 5.56 Å². The smallest absolute Gasteiger partial charge is 0.244 e. The summed E-state index contributed by atoms with van der Waals surface area (Å²) in [5, 5.41) is 4.06. The van der Waals surface area contributed by atoms with Crippen molar-refractivity contribution < 1.29 is 19.0 Å². The van der Waals surface area contributed by atoms with Gasteiger partial charge in [-0.25, -0.2) is 5.43 Å². The van der Waals surface area contributed by atoms with Gasteiger partial charge in [0.25, 0.3) is 0 Å². The molecular weight excluding hydrogens is 392 g/mol. The summed E-state index contributed by atoms with van der Waals surface area (Å²) in [6.07, 6.45) is 1.80. The van der Waals surface area contributed by atoms with Crippen molar-refractivity contribution in [2.45, 2.75) is 20.0 Å². The molecule has 31 heavy (non-hydrogen) atoms. The number of rotatable bonds is 7.